The second-order valence-electron chi connectivity index (χ2n) is 12.1. The van der Waals surface area contributed by atoms with Crippen LogP contribution in [0.5, 0.6) is 0 Å². The van der Waals surface area contributed by atoms with Crippen LogP contribution in [0.1, 0.15) is 106 Å². The van der Waals surface area contributed by atoms with Gasteiger partial charge in [-0.3, -0.25) is 0 Å². The Balaban J connectivity index is 1.57. The minimum Gasteiger partial charge on any atom is -0.393 e. The Bertz CT molecular complexity index is 682. The second kappa shape index (κ2) is 7.85. The summed E-state index contributed by atoms with van der Waals surface area (Å²) in [4.78, 5) is 0. The van der Waals surface area contributed by atoms with Crippen LogP contribution < -0.4 is 0 Å². The van der Waals surface area contributed by atoms with Crippen molar-refractivity contribution in [1.82, 2.24) is 0 Å². The van der Waals surface area contributed by atoms with Crippen LogP contribution in [0, 0.1) is 40.4 Å². The Morgan fingerprint density at radius 2 is 1.86 bits per heavy atom. The lowest BCUT2D eigenvalue weighted by molar-refractivity contribution is -0.0336. The highest BCUT2D eigenvalue weighted by molar-refractivity contribution is 5.34. The molecule has 2 saturated carbocycles. The number of aliphatic hydroxyl groups is 1. The van der Waals surface area contributed by atoms with E-state index < -0.39 is 0 Å². The van der Waals surface area contributed by atoms with Gasteiger partial charge in [-0.1, -0.05) is 50.5 Å². The van der Waals surface area contributed by atoms with Crippen LogP contribution in [0.4, 0.5) is 0 Å². The Hall–Kier alpha value is -0.560. The first kappa shape index (κ1) is 21.7. The van der Waals surface area contributed by atoms with Gasteiger partial charge in [-0.2, -0.15) is 0 Å². The van der Waals surface area contributed by atoms with Crippen molar-refractivity contribution in [2.24, 2.45) is 40.4 Å². The molecule has 0 aromatic rings. The van der Waals surface area contributed by atoms with E-state index in [9.17, 15) is 5.11 Å². The van der Waals surface area contributed by atoms with E-state index in [2.05, 4.69) is 47.6 Å². The van der Waals surface area contributed by atoms with Crippen molar-refractivity contribution < 1.29 is 5.11 Å². The van der Waals surface area contributed by atoms with E-state index in [0.717, 1.165) is 24.2 Å². The molecular weight excluding hydrogens is 352 g/mol. The number of hydrogen-bond acceptors (Lipinski definition) is 1. The highest BCUT2D eigenvalue weighted by Crippen LogP contribution is 2.66. The van der Waals surface area contributed by atoms with Crippen LogP contribution in [0.2, 0.25) is 0 Å². The van der Waals surface area contributed by atoms with E-state index in [4.69, 9.17) is 0 Å². The molecule has 0 spiro atoms. The molecule has 0 amide bonds. The molecule has 1 N–H and O–H groups in total. The third-order valence-electron chi connectivity index (χ3n) is 10.4. The van der Waals surface area contributed by atoms with Gasteiger partial charge in [0.15, 0.2) is 0 Å². The average Bonchev–Trinajstić information content (AvgIpc) is 3.02. The molecule has 1 heteroatoms. The zero-order valence-corrected chi connectivity index (χ0v) is 20.1. The Morgan fingerprint density at radius 3 is 2.59 bits per heavy atom. The zero-order valence-electron chi connectivity index (χ0n) is 20.1. The van der Waals surface area contributed by atoms with E-state index in [1.807, 2.05) is 11.1 Å². The quantitative estimate of drug-likeness (QED) is 0.481. The largest absolute Gasteiger partial charge is 0.393 e. The summed E-state index contributed by atoms with van der Waals surface area (Å²) in [5.74, 6) is 3.78. The number of aliphatic hydroxyl groups excluding tert-OH is 1. The molecule has 0 heterocycles. The number of fused-ring (bicyclic) bond motifs is 4. The fraction of sp³-hybridized carbons (Fsp3) is 0.857. The molecule has 4 aliphatic rings. The lowest BCUT2D eigenvalue weighted by Gasteiger charge is -2.56. The van der Waals surface area contributed by atoms with Gasteiger partial charge in [0.25, 0.3) is 0 Å². The highest BCUT2D eigenvalue weighted by atomic mass is 16.3. The topological polar surface area (TPSA) is 20.2 Å². The van der Waals surface area contributed by atoms with Crippen LogP contribution in [0.15, 0.2) is 22.8 Å². The monoisotopic (exact) mass is 398 g/mol. The summed E-state index contributed by atoms with van der Waals surface area (Å²) in [6.45, 7) is 14.6. The Kier molecular flexibility index (Phi) is 5.86. The van der Waals surface area contributed by atoms with Crippen LogP contribution >= 0.6 is 0 Å². The smallest absolute Gasteiger partial charge is 0.0569 e. The van der Waals surface area contributed by atoms with Crippen molar-refractivity contribution in [3.05, 3.63) is 22.8 Å². The average molecular weight is 399 g/mol. The zero-order chi connectivity index (χ0) is 21.0. The second-order valence-corrected chi connectivity index (χ2v) is 12.1. The SMILES string of the molecule is CC(C)=CCC[C@@H](C)[C@H]1CC[C@H]2C3=C(CC[C@]12C)[C@@]1(C)CC[C@H](O)C(C)C1CC3. The molecule has 0 bridgehead atoms. The van der Waals surface area contributed by atoms with Crippen molar-refractivity contribution in [1.29, 1.82) is 0 Å². The van der Waals surface area contributed by atoms with Gasteiger partial charge >= 0.3 is 0 Å². The first-order chi connectivity index (χ1) is 13.7. The van der Waals surface area contributed by atoms with Gasteiger partial charge < -0.3 is 5.11 Å². The minimum absolute atomic E-state index is 0.0680. The molecule has 0 radical (unpaired) electrons. The fourth-order valence-corrected chi connectivity index (χ4v) is 8.72. The summed E-state index contributed by atoms with van der Waals surface area (Å²) in [6.07, 6.45) is 15.5. The summed E-state index contributed by atoms with van der Waals surface area (Å²) in [6, 6.07) is 0. The molecule has 1 nitrogen and oxygen atoms in total. The standard InChI is InChI=1S/C28H46O/c1-18(2)8-7-9-19(3)22-12-13-24-21-10-11-23-20(4)26(29)15-17-28(23,6)25(21)14-16-27(22,24)5/h8,19-20,22-24,26,29H,7,9-17H2,1-6H3/t19-,20?,22-,23?,24+,26+,27-,28+/m1/s1. The molecule has 0 aliphatic heterocycles. The van der Waals surface area contributed by atoms with Gasteiger partial charge in [0.2, 0.25) is 0 Å². The summed E-state index contributed by atoms with van der Waals surface area (Å²) < 4.78 is 0. The minimum atomic E-state index is -0.0680. The molecule has 4 aliphatic carbocycles. The van der Waals surface area contributed by atoms with Gasteiger partial charge in [-0.25, -0.2) is 0 Å². The number of allylic oxidation sites excluding steroid dienone is 4. The van der Waals surface area contributed by atoms with Gasteiger partial charge in [0.1, 0.15) is 0 Å². The van der Waals surface area contributed by atoms with E-state index in [-0.39, 0.29) is 6.10 Å². The molecule has 8 atom stereocenters. The van der Waals surface area contributed by atoms with E-state index >= 15 is 0 Å². The highest BCUT2D eigenvalue weighted by Gasteiger charge is 2.56. The van der Waals surface area contributed by atoms with E-state index in [1.165, 1.54) is 63.4 Å². The maximum atomic E-state index is 10.5. The van der Waals surface area contributed by atoms with E-state index in [1.54, 1.807) is 0 Å². The molecule has 0 aromatic carbocycles. The predicted molar refractivity (Wildman–Crippen MR) is 124 cm³/mol. The van der Waals surface area contributed by atoms with Crippen molar-refractivity contribution >= 4 is 0 Å². The Labute approximate surface area is 180 Å². The normalized spacial score (nSPS) is 45.3. The first-order valence-electron chi connectivity index (χ1n) is 12.7. The summed E-state index contributed by atoms with van der Waals surface area (Å²) in [5.41, 5.74) is 6.15. The van der Waals surface area contributed by atoms with Gasteiger partial charge in [-0.05, 0) is 118 Å². The third kappa shape index (κ3) is 3.48. The van der Waals surface area contributed by atoms with E-state index in [0.29, 0.717) is 22.7 Å². The van der Waals surface area contributed by atoms with Crippen LogP contribution in [-0.2, 0) is 0 Å². The summed E-state index contributed by atoms with van der Waals surface area (Å²) in [5, 5.41) is 10.5. The molecule has 2 unspecified atom stereocenters. The fourth-order valence-electron chi connectivity index (χ4n) is 8.72. The van der Waals surface area contributed by atoms with Crippen molar-refractivity contribution in [2.45, 2.75) is 112 Å². The summed E-state index contributed by atoms with van der Waals surface area (Å²) >= 11 is 0. The maximum Gasteiger partial charge on any atom is 0.0569 e. The van der Waals surface area contributed by atoms with Gasteiger partial charge in [-0.15, -0.1) is 0 Å². The Morgan fingerprint density at radius 1 is 1.10 bits per heavy atom. The molecule has 4 rings (SSSR count). The van der Waals surface area contributed by atoms with Gasteiger partial charge in [0, 0.05) is 0 Å². The van der Waals surface area contributed by atoms with Crippen LogP contribution in [0.3, 0.4) is 0 Å². The van der Waals surface area contributed by atoms with Crippen LogP contribution in [-0.4, -0.2) is 11.2 Å². The van der Waals surface area contributed by atoms with Gasteiger partial charge in [0.05, 0.1) is 6.10 Å². The molecule has 2 fully saturated rings. The number of hydrogen-bond donors (Lipinski definition) is 1. The third-order valence-corrected chi connectivity index (χ3v) is 10.4. The summed E-state index contributed by atoms with van der Waals surface area (Å²) in [7, 11) is 0. The molecule has 0 aromatic heterocycles. The molecular formula is C28H46O. The van der Waals surface area contributed by atoms with Crippen molar-refractivity contribution in [3.63, 3.8) is 0 Å². The first-order valence-corrected chi connectivity index (χ1v) is 12.7. The molecule has 29 heavy (non-hydrogen) atoms. The van der Waals surface area contributed by atoms with Crippen molar-refractivity contribution in [3.8, 4) is 0 Å². The number of rotatable bonds is 4. The molecule has 0 saturated heterocycles. The van der Waals surface area contributed by atoms with Crippen LogP contribution in [0.25, 0.3) is 0 Å². The predicted octanol–water partition coefficient (Wildman–Crippen LogP) is 7.70. The lowest BCUT2D eigenvalue weighted by Crippen LogP contribution is -2.49. The lowest BCUT2D eigenvalue weighted by atomic mass is 9.49. The molecule has 164 valence electrons. The maximum absolute atomic E-state index is 10.5. The van der Waals surface area contributed by atoms with Crippen molar-refractivity contribution in [2.75, 3.05) is 0 Å².